The standard InChI is InChI=1S/C20H19ClN4O/c1-14-3-6-17(15(2)11-14)12-22-23-20(26)19-9-10-25(24-19)13-16-4-7-18(21)8-5-16/h3-12H,13H2,1-2H3,(H,23,26). The number of nitrogens with zero attached hydrogens (tertiary/aromatic N) is 3. The Morgan fingerprint density at radius 2 is 1.96 bits per heavy atom. The number of rotatable bonds is 5. The third-order valence-electron chi connectivity index (χ3n) is 3.93. The molecule has 1 N–H and O–H groups in total. The predicted molar refractivity (Wildman–Crippen MR) is 104 cm³/mol. The van der Waals surface area contributed by atoms with E-state index in [1.165, 1.54) is 5.56 Å². The van der Waals surface area contributed by atoms with Crippen LogP contribution in [0.15, 0.2) is 59.8 Å². The van der Waals surface area contributed by atoms with E-state index in [1.807, 2.05) is 50.2 Å². The van der Waals surface area contributed by atoms with Crippen LogP contribution in [0.3, 0.4) is 0 Å². The molecule has 1 aromatic heterocycles. The Hall–Kier alpha value is -2.92. The van der Waals surface area contributed by atoms with Crippen LogP contribution in [-0.4, -0.2) is 21.9 Å². The number of carbonyl (C=O) groups excluding carboxylic acids is 1. The molecule has 0 saturated heterocycles. The molecule has 0 radical (unpaired) electrons. The highest BCUT2D eigenvalue weighted by Gasteiger charge is 2.08. The van der Waals surface area contributed by atoms with Gasteiger partial charge in [0.25, 0.3) is 5.91 Å². The predicted octanol–water partition coefficient (Wildman–Crippen LogP) is 3.97. The van der Waals surface area contributed by atoms with E-state index in [1.54, 1.807) is 23.2 Å². The number of aryl methyl sites for hydroxylation is 2. The minimum atomic E-state index is -0.346. The van der Waals surface area contributed by atoms with Gasteiger partial charge in [-0.1, -0.05) is 47.5 Å². The zero-order chi connectivity index (χ0) is 18.5. The van der Waals surface area contributed by atoms with Gasteiger partial charge < -0.3 is 0 Å². The summed E-state index contributed by atoms with van der Waals surface area (Å²) in [5.74, 6) is -0.346. The van der Waals surface area contributed by atoms with Gasteiger partial charge in [0, 0.05) is 11.2 Å². The molecule has 0 saturated carbocycles. The number of carbonyl (C=O) groups is 1. The Morgan fingerprint density at radius 1 is 1.19 bits per heavy atom. The minimum absolute atomic E-state index is 0.316. The van der Waals surface area contributed by atoms with Gasteiger partial charge in [-0.3, -0.25) is 9.48 Å². The molecule has 3 rings (SSSR count). The average Bonchev–Trinajstić information content (AvgIpc) is 3.07. The van der Waals surface area contributed by atoms with Crippen molar-refractivity contribution in [2.45, 2.75) is 20.4 Å². The SMILES string of the molecule is Cc1ccc(C=NNC(=O)c2ccn(Cc3ccc(Cl)cc3)n2)c(C)c1. The van der Waals surface area contributed by atoms with Crippen molar-refractivity contribution in [1.82, 2.24) is 15.2 Å². The topological polar surface area (TPSA) is 59.3 Å². The van der Waals surface area contributed by atoms with E-state index in [0.717, 1.165) is 16.7 Å². The Bertz CT molecular complexity index is 945. The van der Waals surface area contributed by atoms with Gasteiger partial charge in [-0.15, -0.1) is 0 Å². The molecule has 26 heavy (non-hydrogen) atoms. The molecular weight excluding hydrogens is 348 g/mol. The molecule has 132 valence electrons. The fourth-order valence-electron chi connectivity index (χ4n) is 2.54. The number of benzene rings is 2. The molecule has 0 atom stereocenters. The maximum atomic E-state index is 12.2. The fraction of sp³-hybridized carbons (Fsp3) is 0.150. The van der Waals surface area contributed by atoms with E-state index in [2.05, 4.69) is 21.7 Å². The summed E-state index contributed by atoms with van der Waals surface area (Å²) in [5.41, 5.74) is 7.14. The van der Waals surface area contributed by atoms with Crippen molar-refractivity contribution in [3.05, 3.63) is 87.7 Å². The van der Waals surface area contributed by atoms with Gasteiger partial charge in [0.15, 0.2) is 5.69 Å². The molecule has 2 aromatic carbocycles. The van der Waals surface area contributed by atoms with Gasteiger partial charge in [0.05, 0.1) is 12.8 Å². The molecular formula is C20H19ClN4O. The highest BCUT2D eigenvalue weighted by molar-refractivity contribution is 6.30. The molecule has 1 amide bonds. The first-order valence-corrected chi connectivity index (χ1v) is 8.57. The number of amides is 1. The first-order valence-electron chi connectivity index (χ1n) is 8.20. The van der Waals surface area contributed by atoms with E-state index >= 15 is 0 Å². The summed E-state index contributed by atoms with van der Waals surface area (Å²) >= 11 is 5.88. The van der Waals surface area contributed by atoms with Crippen LogP contribution in [0.25, 0.3) is 0 Å². The summed E-state index contributed by atoms with van der Waals surface area (Å²) in [6, 6.07) is 15.2. The van der Waals surface area contributed by atoms with E-state index in [-0.39, 0.29) is 5.91 Å². The number of hydrazone groups is 1. The van der Waals surface area contributed by atoms with Gasteiger partial charge >= 0.3 is 0 Å². The third kappa shape index (κ3) is 4.58. The Labute approximate surface area is 157 Å². The normalized spacial score (nSPS) is 11.0. The second-order valence-electron chi connectivity index (χ2n) is 6.08. The van der Waals surface area contributed by atoms with Gasteiger partial charge in [0.1, 0.15) is 0 Å². The lowest BCUT2D eigenvalue weighted by Crippen LogP contribution is -2.18. The lowest BCUT2D eigenvalue weighted by molar-refractivity contribution is 0.0949. The zero-order valence-electron chi connectivity index (χ0n) is 14.6. The summed E-state index contributed by atoms with van der Waals surface area (Å²) in [4.78, 5) is 12.2. The molecule has 5 nitrogen and oxygen atoms in total. The minimum Gasteiger partial charge on any atom is -0.268 e. The van der Waals surface area contributed by atoms with Crippen LogP contribution >= 0.6 is 11.6 Å². The number of hydrogen-bond donors (Lipinski definition) is 1. The third-order valence-corrected chi connectivity index (χ3v) is 4.18. The van der Waals surface area contributed by atoms with Crippen molar-refractivity contribution < 1.29 is 4.79 Å². The van der Waals surface area contributed by atoms with Crippen molar-refractivity contribution in [2.75, 3.05) is 0 Å². The molecule has 6 heteroatoms. The second kappa shape index (κ2) is 7.97. The lowest BCUT2D eigenvalue weighted by Gasteiger charge is -2.02. The van der Waals surface area contributed by atoms with E-state index in [0.29, 0.717) is 17.3 Å². The molecule has 1 heterocycles. The van der Waals surface area contributed by atoms with Crippen molar-refractivity contribution in [1.29, 1.82) is 0 Å². The van der Waals surface area contributed by atoms with Crippen molar-refractivity contribution in [3.8, 4) is 0 Å². The van der Waals surface area contributed by atoms with Gasteiger partial charge in [-0.05, 0) is 48.7 Å². The molecule has 0 unspecified atom stereocenters. The van der Waals surface area contributed by atoms with E-state index in [4.69, 9.17) is 11.6 Å². The van der Waals surface area contributed by atoms with Crippen molar-refractivity contribution >= 4 is 23.7 Å². The molecule has 0 bridgehead atoms. The number of aromatic nitrogens is 2. The Morgan fingerprint density at radius 3 is 2.69 bits per heavy atom. The number of nitrogens with one attached hydrogen (secondary N) is 1. The Balaban J connectivity index is 1.61. The monoisotopic (exact) mass is 366 g/mol. The van der Waals surface area contributed by atoms with Gasteiger partial charge in [-0.25, -0.2) is 5.43 Å². The smallest absolute Gasteiger partial charge is 0.268 e. The van der Waals surface area contributed by atoms with Crippen molar-refractivity contribution in [3.63, 3.8) is 0 Å². The maximum Gasteiger partial charge on any atom is 0.291 e. The maximum absolute atomic E-state index is 12.2. The van der Waals surface area contributed by atoms with Crippen LogP contribution in [-0.2, 0) is 6.54 Å². The molecule has 0 fully saturated rings. The average molecular weight is 367 g/mol. The van der Waals surface area contributed by atoms with Gasteiger partial charge in [0.2, 0.25) is 0 Å². The highest BCUT2D eigenvalue weighted by Crippen LogP contribution is 2.11. The molecule has 3 aromatic rings. The first kappa shape index (κ1) is 17.9. The van der Waals surface area contributed by atoms with Crippen LogP contribution in [0.1, 0.15) is 32.7 Å². The quantitative estimate of drug-likeness (QED) is 0.548. The number of halogens is 1. The second-order valence-corrected chi connectivity index (χ2v) is 6.52. The first-order chi connectivity index (χ1) is 12.5. The zero-order valence-corrected chi connectivity index (χ0v) is 15.4. The molecule has 0 spiro atoms. The van der Waals surface area contributed by atoms with Crippen LogP contribution in [0.2, 0.25) is 5.02 Å². The van der Waals surface area contributed by atoms with Crippen LogP contribution in [0.5, 0.6) is 0 Å². The summed E-state index contributed by atoms with van der Waals surface area (Å²) < 4.78 is 1.70. The molecule has 0 aliphatic rings. The van der Waals surface area contributed by atoms with Crippen LogP contribution in [0, 0.1) is 13.8 Å². The Kier molecular flexibility index (Phi) is 5.49. The highest BCUT2D eigenvalue weighted by atomic mass is 35.5. The lowest BCUT2D eigenvalue weighted by atomic mass is 10.1. The molecule has 0 aliphatic heterocycles. The summed E-state index contributed by atoms with van der Waals surface area (Å²) in [7, 11) is 0. The summed E-state index contributed by atoms with van der Waals surface area (Å²) in [6.07, 6.45) is 3.40. The van der Waals surface area contributed by atoms with E-state index < -0.39 is 0 Å². The summed E-state index contributed by atoms with van der Waals surface area (Å²) in [6.45, 7) is 4.61. The van der Waals surface area contributed by atoms with Crippen molar-refractivity contribution in [2.24, 2.45) is 5.10 Å². The van der Waals surface area contributed by atoms with Gasteiger partial charge in [-0.2, -0.15) is 10.2 Å². The van der Waals surface area contributed by atoms with Crippen LogP contribution < -0.4 is 5.43 Å². The number of hydrogen-bond acceptors (Lipinski definition) is 3. The fourth-order valence-corrected chi connectivity index (χ4v) is 2.66. The van der Waals surface area contributed by atoms with E-state index in [9.17, 15) is 4.79 Å². The molecule has 0 aliphatic carbocycles. The van der Waals surface area contributed by atoms with Crippen LogP contribution in [0.4, 0.5) is 0 Å². The largest absolute Gasteiger partial charge is 0.291 e. The summed E-state index contributed by atoms with van der Waals surface area (Å²) in [5, 5.41) is 8.99.